The number of carbonyl (C=O) groups is 2. The van der Waals surface area contributed by atoms with Gasteiger partial charge in [-0.25, -0.2) is 4.79 Å². The fourth-order valence-corrected chi connectivity index (χ4v) is 1.55. The number of carboxylic acids is 1. The Balaban J connectivity index is 2.25. The summed E-state index contributed by atoms with van der Waals surface area (Å²) in [6.07, 6.45) is 3.41. The van der Waals surface area contributed by atoms with Crippen molar-refractivity contribution < 1.29 is 14.7 Å². The van der Waals surface area contributed by atoms with Crippen molar-refractivity contribution >= 4 is 27.9 Å². The number of rotatable bonds is 6. The third-order valence-corrected chi connectivity index (χ3v) is 2.64. The Hall–Kier alpha value is -1.57. The van der Waals surface area contributed by atoms with Gasteiger partial charge in [0, 0.05) is 26.3 Å². The van der Waals surface area contributed by atoms with Crippen molar-refractivity contribution in [2.24, 2.45) is 0 Å². The summed E-state index contributed by atoms with van der Waals surface area (Å²) in [5, 5.41) is 15.0. The molecule has 0 atom stereocenters. The quantitative estimate of drug-likeness (QED) is 0.810. The Labute approximate surface area is 113 Å². The molecule has 0 aliphatic rings. The predicted molar refractivity (Wildman–Crippen MR) is 68.2 cm³/mol. The van der Waals surface area contributed by atoms with E-state index in [9.17, 15) is 9.59 Å². The molecule has 0 spiro atoms. The molecule has 1 aromatic heterocycles. The first-order valence-electron chi connectivity index (χ1n) is 5.37. The van der Waals surface area contributed by atoms with Gasteiger partial charge in [-0.1, -0.05) is 0 Å². The molecule has 0 aromatic carbocycles. The van der Waals surface area contributed by atoms with Crippen LogP contribution in [0.2, 0.25) is 0 Å². The van der Waals surface area contributed by atoms with Crippen LogP contribution < -0.4 is 5.32 Å². The highest BCUT2D eigenvalue weighted by Gasteiger charge is 2.08. The third kappa shape index (κ3) is 5.17. The van der Waals surface area contributed by atoms with Crippen LogP contribution in [0.1, 0.15) is 6.42 Å². The number of urea groups is 1. The average molecular weight is 319 g/mol. The lowest BCUT2D eigenvalue weighted by Gasteiger charge is -2.17. The maximum absolute atomic E-state index is 11.5. The van der Waals surface area contributed by atoms with Crippen LogP contribution in [-0.4, -0.2) is 51.9 Å². The molecule has 0 radical (unpaired) electrons. The Bertz CT molecular complexity index is 421. The Morgan fingerprint density at radius 2 is 2.33 bits per heavy atom. The molecule has 0 bridgehead atoms. The fourth-order valence-electron chi connectivity index (χ4n) is 1.23. The van der Waals surface area contributed by atoms with E-state index in [0.29, 0.717) is 13.1 Å². The van der Waals surface area contributed by atoms with E-state index >= 15 is 0 Å². The second-order valence-electron chi connectivity index (χ2n) is 3.72. The summed E-state index contributed by atoms with van der Waals surface area (Å²) in [6.45, 7) is 1.20. The van der Waals surface area contributed by atoms with Gasteiger partial charge in [0.15, 0.2) is 0 Å². The molecule has 0 saturated heterocycles. The summed E-state index contributed by atoms with van der Waals surface area (Å²) < 4.78 is 2.60. The van der Waals surface area contributed by atoms with Crippen LogP contribution >= 0.6 is 15.9 Å². The number of aliphatic carboxylic acids is 1. The minimum absolute atomic E-state index is 0.0777. The molecule has 0 saturated carbocycles. The van der Waals surface area contributed by atoms with Gasteiger partial charge in [-0.15, -0.1) is 0 Å². The van der Waals surface area contributed by atoms with Crippen LogP contribution in [0.3, 0.4) is 0 Å². The van der Waals surface area contributed by atoms with Gasteiger partial charge >= 0.3 is 12.0 Å². The molecule has 1 aromatic rings. The monoisotopic (exact) mass is 318 g/mol. The van der Waals surface area contributed by atoms with Crippen molar-refractivity contribution in [1.82, 2.24) is 20.0 Å². The van der Waals surface area contributed by atoms with Gasteiger partial charge in [0.2, 0.25) is 0 Å². The number of halogens is 1. The predicted octanol–water partition coefficient (Wildman–Crippen LogP) is 0.762. The van der Waals surface area contributed by atoms with E-state index in [1.165, 1.54) is 4.90 Å². The molecule has 0 unspecified atom stereocenters. The van der Waals surface area contributed by atoms with Crippen molar-refractivity contribution in [3.8, 4) is 0 Å². The van der Waals surface area contributed by atoms with Gasteiger partial charge in [0.1, 0.15) is 0 Å². The maximum Gasteiger partial charge on any atom is 0.317 e. The largest absolute Gasteiger partial charge is 0.481 e. The Morgan fingerprint density at radius 3 is 2.89 bits per heavy atom. The van der Waals surface area contributed by atoms with E-state index in [0.717, 1.165) is 4.47 Å². The highest BCUT2D eigenvalue weighted by molar-refractivity contribution is 9.10. The molecule has 0 aliphatic heterocycles. The summed E-state index contributed by atoms with van der Waals surface area (Å²) in [5.74, 6) is -0.931. The lowest BCUT2D eigenvalue weighted by atomic mass is 10.4. The van der Waals surface area contributed by atoms with Gasteiger partial charge in [-0.05, 0) is 15.9 Å². The van der Waals surface area contributed by atoms with Gasteiger partial charge in [0.05, 0.1) is 23.6 Å². The lowest BCUT2D eigenvalue weighted by Crippen LogP contribution is -2.39. The second kappa shape index (κ2) is 7.00. The first-order valence-corrected chi connectivity index (χ1v) is 6.17. The second-order valence-corrected chi connectivity index (χ2v) is 4.63. The SMILES string of the molecule is CN(CCn1cc(Br)cn1)C(=O)NCCC(=O)O. The van der Waals surface area contributed by atoms with E-state index in [4.69, 9.17) is 5.11 Å². The molecule has 0 aliphatic carbocycles. The molecule has 7 nitrogen and oxygen atoms in total. The van der Waals surface area contributed by atoms with E-state index in [1.807, 2.05) is 6.20 Å². The standard InChI is InChI=1S/C10H15BrN4O3/c1-14(10(18)12-3-2-9(16)17)4-5-15-7-8(11)6-13-15/h6-7H,2-5H2,1H3,(H,12,18)(H,16,17). The first kappa shape index (κ1) is 14.5. The number of carbonyl (C=O) groups excluding carboxylic acids is 1. The summed E-state index contributed by atoms with van der Waals surface area (Å²) in [6, 6.07) is -0.289. The van der Waals surface area contributed by atoms with Crippen molar-refractivity contribution in [1.29, 1.82) is 0 Å². The highest BCUT2D eigenvalue weighted by atomic mass is 79.9. The zero-order valence-corrected chi connectivity index (χ0v) is 11.6. The molecule has 2 N–H and O–H groups in total. The van der Waals surface area contributed by atoms with E-state index in [1.54, 1.807) is 17.9 Å². The number of likely N-dealkylation sites (N-methyl/N-ethyl adjacent to an activating group) is 1. The number of hydrogen-bond acceptors (Lipinski definition) is 3. The van der Waals surface area contributed by atoms with Crippen molar-refractivity contribution in [3.63, 3.8) is 0 Å². The number of hydrogen-bond donors (Lipinski definition) is 2. The molecular formula is C10H15BrN4O3. The Morgan fingerprint density at radius 1 is 1.61 bits per heavy atom. The molecule has 1 heterocycles. The minimum Gasteiger partial charge on any atom is -0.481 e. The number of amides is 2. The Kier molecular flexibility index (Phi) is 5.63. The van der Waals surface area contributed by atoms with Crippen LogP contribution in [0.4, 0.5) is 4.79 Å². The summed E-state index contributed by atoms with van der Waals surface area (Å²) in [7, 11) is 1.65. The van der Waals surface area contributed by atoms with Crippen LogP contribution in [0.25, 0.3) is 0 Å². The van der Waals surface area contributed by atoms with Crippen LogP contribution in [0.5, 0.6) is 0 Å². The maximum atomic E-state index is 11.5. The van der Waals surface area contributed by atoms with Crippen LogP contribution in [0.15, 0.2) is 16.9 Å². The summed E-state index contributed by atoms with van der Waals surface area (Å²) in [5.41, 5.74) is 0. The number of aromatic nitrogens is 2. The molecule has 8 heteroatoms. The van der Waals surface area contributed by atoms with E-state index in [-0.39, 0.29) is 19.0 Å². The molecular weight excluding hydrogens is 304 g/mol. The number of nitrogens with zero attached hydrogens (tertiary/aromatic N) is 3. The first-order chi connectivity index (χ1) is 8.49. The van der Waals surface area contributed by atoms with Gasteiger partial charge in [0.25, 0.3) is 0 Å². The average Bonchev–Trinajstić information content (AvgIpc) is 2.71. The van der Waals surface area contributed by atoms with E-state index < -0.39 is 5.97 Å². The molecule has 18 heavy (non-hydrogen) atoms. The smallest absolute Gasteiger partial charge is 0.317 e. The third-order valence-electron chi connectivity index (χ3n) is 2.23. The fraction of sp³-hybridized carbons (Fsp3) is 0.500. The molecule has 100 valence electrons. The van der Waals surface area contributed by atoms with Gasteiger partial charge in [-0.3, -0.25) is 9.48 Å². The van der Waals surface area contributed by atoms with E-state index in [2.05, 4.69) is 26.3 Å². The number of nitrogens with one attached hydrogen (secondary N) is 1. The van der Waals surface area contributed by atoms with Crippen molar-refractivity contribution in [2.45, 2.75) is 13.0 Å². The summed E-state index contributed by atoms with van der Waals surface area (Å²) in [4.78, 5) is 23.3. The zero-order valence-electron chi connectivity index (χ0n) is 9.97. The van der Waals surface area contributed by atoms with Gasteiger partial charge in [-0.2, -0.15) is 5.10 Å². The number of carboxylic acid groups (broad SMARTS) is 1. The molecule has 1 rings (SSSR count). The zero-order chi connectivity index (χ0) is 13.5. The molecule has 0 fully saturated rings. The molecule has 2 amide bonds. The topological polar surface area (TPSA) is 87.5 Å². The normalized spacial score (nSPS) is 10.1. The summed E-state index contributed by atoms with van der Waals surface area (Å²) >= 11 is 3.28. The van der Waals surface area contributed by atoms with Crippen molar-refractivity contribution in [2.75, 3.05) is 20.1 Å². The van der Waals surface area contributed by atoms with Gasteiger partial charge < -0.3 is 15.3 Å². The minimum atomic E-state index is -0.931. The van der Waals surface area contributed by atoms with Crippen molar-refractivity contribution in [3.05, 3.63) is 16.9 Å². The lowest BCUT2D eigenvalue weighted by molar-refractivity contribution is -0.136. The highest BCUT2D eigenvalue weighted by Crippen LogP contribution is 2.05. The van der Waals surface area contributed by atoms with Crippen LogP contribution in [0, 0.1) is 0 Å². The van der Waals surface area contributed by atoms with Crippen LogP contribution in [-0.2, 0) is 11.3 Å².